The van der Waals surface area contributed by atoms with Gasteiger partial charge < -0.3 is 9.84 Å². The van der Waals surface area contributed by atoms with Crippen molar-refractivity contribution in [3.63, 3.8) is 0 Å². The third-order valence-electron chi connectivity index (χ3n) is 4.56. The number of ether oxygens (including phenoxy) is 1. The summed E-state index contributed by atoms with van der Waals surface area (Å²) >= 11 is 1.74. The summed E-state index contributed by atoms with van der Waals surface area (Å²) < 4.78 is 5.30. The van der Waals surface area contributed by atoms with Gasteiger partial charge in [0.05, 0.1) is 0 Å². The van der Waals surface area contributed by atoms with Crippen LogP contribution in [0, 0.1) is 13.8 Å². The monoisotopic (exact) mass is 404 g/mol. The Morgan fingerprint density at radius 2 is 1.69 bits per heavy atom. The second kappa shape index (κ2) is 9.99. The fraction of sp³-hybridized carbons (Fsp3) is 0.160. The number of benzene rings is 3. The van der Waals surface area contributed by atoms with Crippen molar-refractivity contribution >= 4 is 23.3 Å². The second-order valence-electron chi connectivity index (χ2n) is 6.72. The summed E-state index contributed by atoms with van der Waals surface area (Å²) in [6.07, 6.45) is 2.27. The van der Waals surface area contributed by atoms with E-state index in [0.717, 1.165) is 16.2 Å². The van der Waals surface area contributed by atoms with Gasteiger partial charge in [-0.15, -0.1) is 11.8 Å². The molecule has 0 spiro atoms. The molecular formula is C25H24O3S. The molecule has 29 heavy (non-hydrogen) atoms. The maximum Gasteiger partial charge on any atom is 0.341 e. The highest BCUT2D eigenvalue weighted by Crippen LogP contribution is 2.29. The number of rotatable bonds is 8. The van der Waals surface area contributed by atoms with Crippen LogP contribution in [0.25, 0.3) is 5.57 Å². The second-order valence-corrected chi connectivity index (χ2v) is 7.81. The van der Waals surface area contributed by atoms with Crippen LogP contribution in [0.3, 0.4) is 0 Å². The Morgan fingerprint density at radius 3 is 2.38 bits per heavy atom. The van der Waals surface area contributed by atoms with Gasteiger partial charge in [-0.05, 0) is 59.9 Å². The first kappa shape index (κ1) is 20.7. The quantitative estimate of drug-likeness (QED) is 0.468. The first-order valence-corrected chi connectivity index (χ1v) is 10.4. The molecule has 0 aromatic heterocycles. The van der Waals surface area contributed by atoms with Gasteiger partial charge in [0.15, 0.2) is 6.61 Å². The van der Waals surface area contributed by atoms with Crippen LogP contribution in [-0.4, -0.2) is 23.4 Å². The highest BCUT2D eigenvalue weighted by Gasteiger charge is 2.08. The summed E-state index contributed by atoms with van der Waals surface area (Å²) in [5.74, 6) is 0.461. The van der Waals surface area contributed by atoms with E-state index in [1.165, 1.54) is 22.3 Å². The van der Waals surface area contributed by atoms with Gasteiger partial charge >= 0.3 is 5.97 Å². The van der Waals surface area contributed by atoms with Crippen molar-refractivity contribution in [2.45, 2.75) is 18.7 Å². The minimum absolute atomic E-state index is 0.326. The molecule has 0 aliphatic rings. The summed E-state index contributed by atoms with van der Waals surface area (Å²) in [5.41, 5.74) is 5.86. The van der Waals surface area contributed by atoms with Crippen LogP contribution in [0.1, 0.15) is 22.3 Å². The predicted molar refractivity (Wildman–Crippen MR) is 120 cm³/mol. The van der Waals surface area contributed by atoms with Crippen LogP contribution in [0.4, 0.5) is 0 Å². The highest BCUT2D eigenvalue weighted by molar-refractivity contribution is 7.99. The van der Waals surface area contributed by atoms with E-state index in [-0.39, 0.29) is 6.61 Å². The van der Waals surface area contributed by atoms with Crippen molar-refractivity contribution in [1.82, 2.24) is 0 Å². The van der Waals surface area contributed by atoms with E-state index in [4.69, 9.17) is 9.84 Å². The Kier molecular flexibility index (Phi) is 7.14. The number of carboxylic acid groups (broad SMARTS) is 1. The topological polar surface area (TPSA) is 46.5 Å². The molecule has 0 unspecified atom stereocenters. The zero-order valence-corrected chi connectivity index (χ0v) is 17.4. The number of hydrogen-bond acceptors (Lipinski definition) is 3. The molecule has 4 heteroatoms. The van der Waals surface area contributed by atoms with E-state index in [9.17, 15) is 4.79 Å². The maximum absolute atomic E-state index is 10.7. The Morgan fingerprint density at radius 1 is 0.966 bits per heavy atom. The van der Waals surface area contributed by atoms with E-state index >= 15 is 0 Å². The Bertz CT molecular complexity index is 1010. The molecule has 0 heterocycles. The number of carbonyl (C=O) groups is 1. The Labute approximate surface area is 176 Å². The molecular weight excluding hydrogens is 380 g/mol. The number of aryl methyl sites for hydroxylation is 2. The summed E-state index contributed by atoms with van der Waals surface area (Å²) in [7, 11) is 0. The van der Waals surface area contributed by atoms with Crippen LogP contribution in [0.5, 0.6) is 5.75 Å². The molecule has 0 bridgehead atoms. The van der Waals surface area contributed by atoms with Crippen LogP contribution >= 0.6 is 11.8 Å². The number of hydrogen-bond donors (Lipinski definition) is 1. The number of carboxylic acids is 1. The van der Waals surface area contributed by atoms with Gasteiger partial charge in [0, 0.05) is 10.6 Å². The van der Waals surface area contributed by atoms with Gasteiger partial charge in [-0.2, -0.15) is 0 Å². The first-order valence-electron chi connectivity index (χ1n) is 9.44. The number of aliphatic carboxylic acids is 1. The molecule has 0 amide bonds. The van der Waals surface area contributed by atoms with Crippen molar-refractivity contribution in [1.29, 1.82) is 0 Å². The number of thioether (sulfide) groups is 1. The molecule has 3 nitrogen and oxygen atoms in total. The SMILES string of the molecule is Cc1cc(SCC=C(c2ccccc2)c2ccccc2C)ccc1OCC(=O)O. The molecule has 0 saturated carbocycles. The minimum Gasteiger partial charge on any atom is -0.482 e. The largest absolute Gasteiger partial charge is 0.482 e. The molecule has 0 aliphatic carbocycles. The van der Waals surface area contributed by atoms with E-state index in [0.29, 0.717) is 5.75 Å². The Balaban J connectivity index is 1.78. The average molecular weight is 405 g/mol. The lowest BCUT2D eigenvalue weighted by molar-refractivity contribution is -0.139. The van der Waals surface area contributed by atoms with Crippen molar-refractivity contribution in [3.05, 3.63) is 101 Å². The van der Waals surface area contributed by atoms with Crippen molar-refractivity contribution in [2.75, 3.05) is 12.4 Å². The van der Waals surface area contributed by atoms with Crippen molar-refractivity contribution < 1.29 is 14.6 Å². The normalized spacial score (nSPS) is 11.3. The van der Waals surface area contributed by atoms with Gasteiger partial charge in [-0.3, -0.25) is 0 Å². The predicted octanol–water partition coefficient (Wildman–Crippen LogP) is 5.99. The van der Waals surface area contributed by atoms with Gasteiger partial charge in [0.25, 0.3) is 0 Å². The molecule has 1 N–H and O–H groups in total. The van der Waals surface area contributed by atoms with Crippen LogP contribution < -0.4 is 4.74 Å². The minimum atomic E-state index is -0.974. The maximum atomic E-state index is 10.7. The van der Waals surface area contributed by atoms with E-state index < -0.39 is 5.97 Å². The van der Waals surface area contributed by atoms with Gasteiger partial charge in [0.1, 0.15) is 5.75 Å². The molecule has 0 atom stereocenters. The summed E-state index contributed by atoms with van der Waals surface area (Å²) in [6.45, 7) is 3.74. The van der Waals surface area contributed by atoms with E-state index in [1.807, 2.05) is 31.2 Å². The zero-order valence-electron chi connectivity index (χ0n) is 16.6. The lowest BCUT2D eigenvalue weighted by Crippen LogP contribution is -2.09. The van der Waals surface area contributed by atoms with Crippen molar-refractivity contribution in [2.24, 2.45) is 0 Å². The third kappa shape index (κ3) is 5.75. The third-order valence-corrected chi connectivity index (χ3v) is 5.48. The zero-order chi connectivity index (χ0) is 20.6. The molecule has 0 fully saturated rings. The van der Waals surface area contributed by atoms with E-state index in [1.54, 1.807) is 11.8 Å². The summed E-state index contributed by atoms with van der Waals surface area (Å²) in [6, 6.07) is 24.7. The molecule has 3 aromatic rings. The van der Waals surface area contributed by atoms with Crippen LogP contribution in [-0.2, 0) is 4.79 Å². The lowest BCUT2D eigenvalue weighted by Gasteiger charge is -2.12. The summed E-state index contributed by atoms with van der Waals surface area (Å²) in [4.78, 5) is 11.8. The standard InChI is InChI=1S/C25H24O3S/c1-18-8-6-7-11-22(18)23(20-9-4-3-5-10-20)14-15-29-21-12-13-24(19(2)16-21)28-17-25(26)27/h3-14,16H,15,17H2,1-2H3,(H,26,27). The first-order chi connectivity index (χ1) is 14.0. The highest BCUT2D eigenvalue weighted by atomic mass is 32.2. The molecule has 3 rings (SSSR count). The van der Waals surface area contributed by atoms with Gasteiger partial charge in [-0.25, -0.2) is 4.79 Å². The summed E-state index contributed by atoms with van der Waals surface area (Å²) in [5, 5.41) is 8.76. The van der Waals surface area contributed by atoms with Gasteiger partial charge in [-0.1, -0.05) is 60.7 Å². The molecule has 148 valence electrons. The van der Waals surface area contributed by atoms with Crippen LogP contribution in [0.15, 0.2) is 83.8 Å². The smallest absolute Gasteiger partial charge is 0.341 e. The lowest BCUT2D eigenvalue weighted by atomic mass is 9.94. The molecule has 0 saturated heterocycles. The van der Waals surface area contributed by atoms with Crippen LogP contribution in [0.2, 0.25) is 0 Å². The van der Waals surface area contributed by atoms with Crippen molar-refractivity contribution in [3.8, 4) is 5.75 Å². The molecule has 0 radical (unpaired) electrons. The molecule has 0 aliphatic heterocycles. The van der Waals surface area contributed by atoms with Gasteiger partial charge in [0.2, 0.25) is 0 Å². The molecule has 3 aromatic carbocycles. The fourth-order valence-electron chi connectivity index (χ4n) is 3.11. The Hall–Kier alpha value is -2.98. The average Bonchev–Trinajstić information content (AvgIpc) is 2.72. The fourth-order valence-corrected chi connectivity index (χ4v) is 3.98. The van der Waals surface area contributed by atoms with E-state index in [2.05, 4.69) is 61.5 Å².